The summed E-state index contributed by atoms with van der Waals surface area (Å²) in [7, 11) is 0. The van der Waals surface area contributed by atoms with E-state index in [9.17, 15) is 9.18 Å². The van der Waals surface area contributed by atoms with Gasteiger partial charge in [-0.25, -0.2) is 4.39 Å². The quantitative estimate of drug-likeness (QED) is 0.746. The molecule has 1 aliphatic rings. The number of hydrogen-bond acceptors (Lipinski definition) is 3. The molecule has 5 heteroatoms. The molecule has 20 heavy (non-hydrogen) atoms. The second-order valence-electron chi connectivity index (χ2n) is 5.05. The molecule has 2 N–H and O–H groups in total. The molecule has 1 aromatic carbocycles. The van der Waals surface area contributed by atoms with Gasteiger partial charge in [0.05, 0.1) is 5.56 Å². The van der Waals surface area contributed by atoms with Gasteiger partial charge in [0.1, 0.15) is 11.9 Å². The minimum Gasteiger partial charge on any atom is -0.353 e. The van der Waals surface area contributed by atoms with Crippen LogP contribution in [0.25, 0.3) is 0 Å². The van der Waals surface area contributed by atoms with E-state index in [0.29, 0.717) is 19.0 Å². The molecular formula is C15H18FN3O. The van der Waals surface area contributed by atoms with Gasteiger partial charge in [0.15, 0.2) is 0 Å². The fourth-order valence-corrected chi connectivity index (χ4v) is 1.90. The second-order valence-corrected chi connectivity index (χ2v) is 5.05. The Hall–Kier alpha value is -1.93. The topological polar surface area (TPSA) is 64.9 Å². The van der Waals surface area contributed by atoms with E-state index in [1.807, 2.05) is 6.07 Å². The summed E-state index contributed by atoms with van der Waals surface area (Å²) in [6.07, 6.45) is 3.51. The molecular weight excluding hydrogens is 257 g/mol. The molecule has 0 atom stereocenters. The van der Waals surface area contributed by atoms with Crippen molar-refractivity contribution in [2.75, 3.05) is 6.54 Å². The molecule has 2 rings (SSSR count). The molecule has 0 radical (unpaired) electrons. The summed E-state index contributed by atoms with van der Waals surface area (Å²) in [5.74, 6) is -0.379. The van der Waals surface area contributed by atoms with E-state index in [-0.39, 0.29) is 11.5 Å². The van der Waals surface area contributed by atoms with Crippen LogP contribution >= 0.6 is 0 Å². The van der Waals surface area contributed by atoms with Crippen molar-refractivity contribution in [1.29, 1.82) is 5.26 Å². The number of carbonyl (C=O) groups excluding carboxylic acids is 1. The average Bonchev–Trinajstić information content (AvgIpc) is 3.24. The van der Waals surface area contributed by atoms with Crippen molar-refractivity contribution in [3.05, 3.63) is 35.1 Å². The Morgan fingerprint density at radius 3 is 2.95 bits per heavy atom. The molecule has 0 bridgehead atoms. The van der Waals surface area contributed by atoms with Crippen LogP contribution < -0.4 is 10.6 Å². The smallest absolute Gasteiger partial charge is 0.220 e. The van der Waals surface area contributed by atoms with Gasteiger partial charge < -0.3 is 10.6 Å². The van der Waals surface area contributed by atoms with Crippen molar-refractivity contribution >= 4 is 5.91 Å². The average molecular weight is 275 g/mol. The van der Waals surface area contributed by atoms with Crippen LogP contribution in [0.5, 0.6) is 0 Å². The number of nitrogens with one attached hydrogen (secondary N) is 2. The lowest BCUT2D eigenvalue weighted by atomic mass is 10.1. The Morgan fingerprint density at radius 2 is 2.25 bits per heavy atom. The summed E-state index contributed by atoms with van der Waals surface area (Å²) < 4.78 is 13.1. The van der Waals surface area contributed by atoms with Crippen molar-refractivity contribution in [2.45, 2.75) is 38.3 Å². The Kier molecular flexibility index (Phi) is 5.08. The van der Waals surface area contributed by atoms with Gasteiger partial charge in [0.25, 0.3) is 0 Å². The number of amides is 1. The molecule has 1 saturated carbocycles. The minimum atomic E-state index is -0.493. The Bertz CT molecular complexity index is 520. The molecule has 1 aromatic rings. The maximum absolute atomic E-state index is 13.1. The van der Waals surface area contributed by atoms with Gasteiger partial charge in [-0.1, -0.05) is 6.07 Å². The summed E-state index contributed by atoms with van der Waals surface area (Å²) in [5.41, 5.74) is 0.929. The summed E-state index contributed by atoms with van der Waals surface area (Å²) in [6.45, 7) is 1.29. The van der Waals surface area contributed by atoms with Crippen molar-refractivity contribution in [3.63, 3.8) is 0 Å². The summed E-state index contributed by atoms with van der Waals surface area (Å²) in [5, 5.41) is 14.9. The van der Waals surface area contributed by atoms with Crippen LogP contribution in [-0.4, -0.2) is 18.5 Å². The van der Waals surface area contributed by atoms with Crippen LogP contribution in [0, 0.1) is 17.1 Å². The molecule has 106 valence electrons. The standard InChI is InChI=1S/C15H18FN3O/c16-14-6-3-11(8-12(14)9-17)10-18-7-1-2-15(20)19-13-4-5-13/h3,6,8,13,18H,1-2,4-5,7,10H2,(H,19,20). The highest BCUT2D eigenvalue weighted by Crippen LogP contribution is 2.18. The number of nitriles is 1. The molecule has 0 aliphatic heterocycles. The van der Waals surface area contributed by atoms with Crippen molar-refractivity contribution in [2.24, 2.45) is 0 Å². The highest BCUT2D eigenvalue weighted by Gasteiger charge is 2.22. The number of rotatable bonds is 7. The zero-order chi connectivity index (χ0) is 14.4. The fourth-order valence-electron chi connectivity index (χ4n) is 1.90. The van der Waals surface area contributed by atoms with Crippen LogP contribution in [0.4, 0.5) is 4.39 Å². The highest BCUT2D eigenvalue weighted by molar-refractivity contribution is 5.76. The molecule has 0 spiro atoms. The molecule has 1 amide bonds. The van der Waals surface area contributed by atoms with E-state index in [1.54, 1.807) is 12.1 Å². The van der Waals surface area contributed by atoms with Gasteiger partial charge in [-0.15, -0.1) is 0 Å². The Labute approximate surface area is 118 Å². The minimum absolute atomic E-state index is 0.0631. The van der Waals surface area contributed by atoms with Gasteiger partial charge >= 0.3 is 0 Å². The van der Waals surface area contributed by atoms with E-state index in [2.05, 4.69) is 10.6 Å². The molecule has 1 aliphatic carbocycles. The van der Waals surface area contributed by atoms with Crippen molar-refractivity contribution in [3.8, 4) is 6.07 Å². The maximum atomic E-state index is 13.1. The van der Waals surface area contributed by atoms with Crippen LogP contribution in [0.3, 0.4) is 0 Å². The monoisotopic (exact) mass is 275 g/mol. The molecule has 0 saturated heterocycles. The largest absolute Gasteiger partial charge is 0.353 e. The maximum Gasteiger partial charge on any atom is 0.220 e. The zero-order valence-corrected chi connectivity index (χ0v) is 11.3. The van der Waals surface area contributed by atoms with Crippen molar-refractivity contribution in [1.82, 2.24) is 10.6 Å². The lowest BCUT2D eigenvalue weighted by Crippen LogP contribution is -2.26. The molecule has 4 nitrogen and oxygen atoms in total. The Balaban J connectivity index is 1.63. The molecule has 0 heterocycles. The van der Waals surface area contributed by atoms with Crippen molar-refractivity contribution < 1.29 is 9.18 Å². The normalized spacial score (nSPS) is 13.8. The highest BCUT2D eigenvalue weighted by atomic mass is 19.1. The van der Waals surface area contributed by atoms with Crippen LogP contribution in [0.1, 0.15) is 36.8 Å². The van der Waals surface area contributed by atoms with E-state index in [1.165, 1.54) is 6.07 Å². The summed E-state index contributed by atoms with van der Waals surface area (Å²) in [4.78, 5) is 11.4. The third-order valence-corrected chi connectivity index (χ3v) is 3.18. The van der Waals surface area contributed by atoms with Crippen LogP contribution in [0.15, 0.2) is 18.2 Å². The number of benzene rings is 1. The fraction of sp³-hybridized carbons (Fsp3) is 0.467. The lowest BCUT2D eigenvalue weighted by molar-refractivity contribution is -0.121. The first-order chi connectivity index (χ1) is 9.69. The third-order valence-electron chi connectivity index (χ3n) is 3.18. The summed E-state index contributed by atoms with van der Waals surface area (Å²) >= 11 is 0. The van der Waals surface area contributed by atoms with Crippen LogP contribution in [-0.2, 0) is 11.3 Å². The van der Waals surface area contributed by atoms with Crippen LogP contribution in [0.2, 0.25) is 0 Å². The molecule has 0 aromatic heterocycles. The number of nitrogens with zero attached hydrogens (tertiary/aromatic N) is 1. The first kappa shape index (κ1) is 14.5. The zero-order valence-electron chi connectivity index (χ0n) is 11.3. The second kappa shape index (κ2) is 7.01. The van der Waals surface area contributed by atoms with E-state index in [4.69, 9.17) is 5.26 Å². The van der Waals surface area contributed by atoms with Gasteiger partial charge in [0.2, 0.25) is 5.91 Å². The van der Waals surface area contributed by atoms with Gasteiger partial charge in [-0.3, -0.25) is 4.79 Å². The third kappa shape index (κ3) is 4.63. The van der Waals surface area contributed by atoms with E-state index < -0.39 is 5.82 Å². The van der Waals surface area contributed by atoms with E-state index in [0.717, 1.165) is 31.4 Å². The predicted octanol–water partition coefficient (Wildman–Crippen LogP) is 1.85. The molecule has 1 fully saturated rings. The van der Waals surface area contributed by atoms with Gasteiger partial charge in [0, 0.05) is 19.0 Å². The lowest BCUT2D eigenvalue weighted by Gasteiger charge is -2.06. The predicted molar refractivity (Wildman–Crippen MR) is 73.2 cm³/mol. The number of halogens is 1. The SMILES string of the molecule is N#Cc1cc(CNCCCC(=O)NC2CC2)ccc1F. The first-order valence-corrected chi connectivity index (χ1v) is 6.87. The Morgan fingerprint density at radius 1 is 1.45 bits per heavy atom. The van der Waals surface area contributed by atoms with E-state index >= 15 is 0 Å². The summed E-state index contributed by atoms with van der Waals surface area (Å²) in [6, 6.07) is 6.74. The number of hydrogen-bond donors (Lipinski definition) is 2. The van der Waals surface area contributed by atoms with Gasteiger partial charge in [-0.05, 0) is 43.5 Å². The first-order valence-electron chi connectivity index (χ1n) is 6.87. The number of carbonyl (C=O) groups is 1. The molecule has 0 unspecified atom stereocenters. The van der Waals surface area contributed by atoms with Gasteiger partial charge in [-0.2, -0.15) is 5.26 Å².